The van der Waals surface area contributed by atoms with Crippen LogP contribution in [0.15, 0.2) is 18.5 Å². The quantitative estimate of drug-likeness (QED) is 0.787. The highest BCUT2D eigenvalue weighted by atomic mass is 35.5. The predicted octanol–water partition coefficient (Wildman–Crippen LogP) is 3.18. The summed E-state index contributed by atoms with van der Waals surface area (Å²) in [4.78, 5) is 3.71. The molecule has 0 amide bonds. The van der Waals surface area contributed by atoms with Gasteiger partial charge in [0.05, 0.1) is 11.9 Å². The van der Waals surface area contributed by atoms with E-state index < -0.39 is 0 Å². The molecule has 1 saturated carbocycles. The van der Waals surface area contributed by atoms with Gasteiger partial charge in [0, 0.05) is 17.6 Å². The molecule has 0 unspecified atom stereocenters. The average Bonchev–Trinajstić information content (AvgIpc) is 2.25. The molecule has 0 aromatic carbocycles. The van der Waals surface area contributed by atoms with Crippen LogP contribution in [0.4, 0.5) is 10.1 Å². The minimum Gasteiger partial charge on any atom is -0.380 e. The highest BCUT2D eigenvalue weighted by Crippen LogP contribution is 2.25. The van der Waals surface area contributed by atoms with Crippen LogP contribution in [-0.4, -0.2) is 16.4 Å². The van der Waals surface area contributed by atoms with Crippen LogP contribution in [0.5, 0.6) is 0 Å². The molecule has 4 heteroatoms. The van der Waals surface area contributed by atoms with Crippen LogP contribution in [0, 0.1) is 5.82 Å². The number of anilines is 1. The lowest BCUT2D eigenvalue weighted by Crippen LogP contribution is -2.26. The Hall–Kier alpha value is -0.830. The Balaban J connectivity index is 1.95. The molecular formula is C11H14ClFN2. The number of nitrogens with zero attached hydrogens (tertiary/aromatic N) is 1. The lowest BCUT2D eigenvalue weighted by atomic mass is 9.95. The van der Waals surface area contributed by atoms with E-state index in [0.717, 1.165) is 25.7 Å². The predicted molar refractivity (Wildman–Crippen MR) is 59.7 cm³/mol. The smallest absolute Gasteiger partial charge is 0.164 e. The monoisotopic (exact) mass is 228 g/mol. The van der Waals surface area contributed by atoms with Gasteiger partial charge in [-0.05, 0) is 31.7 Å². The number of hydrogen-bond donors (Lipinski definition) is 1. The molecule has 0 atom stereocenters. The molecule has 2 nitrogen and oxygen atoms in total. The van der Waals surface area contributed by atoms with E-state index in [1.807, 2.05) is 0 Å². The summed E-state index contributed by atoms with van der Waals surface area (Å²) in [5.74, 6) is -0.287. The topological polar surface area (TPSA) is 24.9 Å². The van der Waals surface area contributed by atoms with Gasteiger partial charge in [-0.3, -0.25) is 4.98 Å². The van der Waals surface area contributed by atoms with Gasteiger partial charge < -0.3 is 5.32 Å². The number of halogens is 2. The number of nitrogens with one attached hydrogen (secondary N) is 1. The van der Waals surface area contributed by atoms with E-state index in [1.165, 1.54) is 6.20 Å². The van der Waals surface area contributed by atoms with E-state index in [9.17, 15) is 4.39 Å². The summed E-state index contributed by atoms with van der Waals surface area (Å²) in [6, 6.07) is 2.01. The standard InChI is InChI=1S/C11H14ClFN2/c12-8-1-3-9(4-2-8)15-11-5-6-14-7-10(11)13/h5-9H,1-4H2,(H,14,15). The molecular weight excluding hydrogens is 215 g/mol. The first-order valence-corrected chi connectivity index (χ1v) is 5.69. The van der Waals surface area contributed by atoms with Crippen LogP contribution in [0.25, 0.3) is 0 Å². The molecule has 1 aliphatic rings. The van der Waals surface area contributed by atoms with Crippen molar-refractivity contribution >= 4 is 17.3 Å². The Morgan fingerprint density at radius 2 is 2.07 bits per heavy atom. The SMILES string of the molecule is Fc1cnccc1NC1CCC(Cl)CC1. The minimum absolute atomic E-state index is 0.287. The minimum atomic E-state index is -0.287. The normalized spacial score (nSPS) is 26.3. The van der Waals surface area contributed by atoms with Gasteiger partial charge in [0.2, 0.25) is 0 Å². The van der Waals surface area contributed by atoms with E-state index >= 15 is 0 Å². The van der Waals surface area contributed by atoms with Crippen molar-refractivity contribution in [2.45, 2.75) is 37.1 Å². The van der Waals surface area contributed by atoms with Crippen LogP contribution < -0.4 is 5.32 Å². The Morgan fingerprint density at radius 3 is 2.73 bits per heavy atom. The summed E-state index contributed by atoms with van der Waals surface area (Å²) < 4.78 is 13.3. The molecule has 2 rings (SSSR count). The van der Waals surface area contributed by atoms with Crippen LogP contribution in [0.1, 0.15) is 25.7 Å². The Kier molecular flexibility index (Phi) is 3.41. The summed E-state index contributed by atoms with van der Waals surface area (Å²) >= 11 is 6.00. The average molecular weight is 229 g/mol. The molecule has 0 radical (unpaired) electrons. The molecule has 1 heterocycles. The number of alkyl halides is 1. The summed E-state index contributed by atoms with van der Waals surface area (Å²) in [6.45, 7) is 0. The molecule has 0 aliphatic heterocycles. The molecule has 1 fully saturated rings. The number of aromatic nitrogens is 1. The summed E-state index contributed by atoms with van der Waals surface area (Å²) in [5, 5.41) is 3.49. The fourth-order valence-corrected chi connectivity index (χ4v) is 2.16. The van der Waals surface area contributed by atoms with Gasteiger partial charge in [0.25, 0.3) is 0 Å². The van der Waals surface area contributed by atoms with Gasteiger partial charge >= 0.3 is 0 Å². The third-order valence-electron chi connectivity index (χ3n) is 2.79. The highest BCUT2D eigenvalue weighted by Gasteiger charge is 2.19. The number of hydrogen-bond acceptors (Lipinski definition) is 2. The Morgan fingerprint density at radius 1 is 1.33 bits per heavy atom. The summed E-state index contributed by atoms with van der Waals surface area (Å²) in [7, 11) is 0. The number of rotatable bonds is 2. The van der Waals surface area contributed by atoms with Gasteiger partial charge in [0.1, 0.15) is 0 Å². The maximum absolute atomic E-state index is 13.3. The maximum atomic E-state index is 13.3. The van der Waals surface area contributed by atoms with Crippen LogP contribution in [0.2, 0.25) is 0 Å². The first-order chi connectivity index (χ1) is 7.25. The largest absolute Gasteiger partial charge is 0.380 e. The van der Waals surface area contributed by atoms with Crippen molar-refractivity contribution < 1.29 is 4.39 Å². The first-order valence-electron chi connectivity index (χ1n) is 5.26. The van der Waals surface area contributed by atoms with E-state index in [1.54, 1.807) is 12.3 Å². The lowest BCUT2D eigenvalue weighted by molar-refractivity contribution is 0.466. The van der Waals surface area contributed by atoms with Crippen molar-refractivity contribution in [3.05, 3.63) is 24.3 Å². The molecule has 0 saturated heterocycles. The fourth-order valence-electron chi connectivity index (χ4n) is 1.91. The second kappa shape index (κ2) is 4.79. The molecule has 1 aromatic rings. The molecule has 1 aromatic heterocycles. The third kappa shape index (κ3) is 2.81. The second-order valence-electron chi connectivity index (χ2n) is 3.95. The van der Waals surface area contributed by atoms with Crippen molar-refractivity contribution in [1.29, 1.82) is 0 Å². The maximum Gasteiger partial charge on any atom is 0.164 e. The molecule has 0 bridgehead atoms. The van der Waals surface area contributed by atoms with Crippen LogP contribution >= 0.6 is 11.6 Å². The second-order valence-corrected chi connectivity index (χ2v) is 4.57. The van der Waals surface area contributed by atoms with Crippen molar-refractivity contribution in [3.8, 4) is 0 Å². The van der Waals surface area contributed by atoms with Gasteiger partial charge in [-0.2, -0.15) is 0 Å². The molecule has 82 valence electrons. The van der Waals surface area contributed by atoms with E-state index in [-0.39, 0.29) is 5.82 Å². The van der Waals surface area contributed by atoms with Crippen molar-refractivity contribution in [2.24, 2.45) is 0 Å². The molecule has 1 aliphatic carbocycles. The highest BCUT2D eigenvalue weighted by molar-refractivity contribution is 6.20. The van der Waals surface area contributed by atoms with Gasteiger partial charge in [-0.25, -0.2) is 4.39 Å². The van der Waals surface area contributed by atoms with Crippen molar-refractivity contribution in [3.63, 3.8) is 0 Å². The van der Waals surface area contributed by atoms with Gasteiger partial charge in [0.15, 0.2) is 5.82 Å². The zero-order valence-corrected chi connectivity index (χ0v) is 9.17. The van der Waals surface area contributed by atoms with Crippen molar-refractivity contribution in [2.75, 3.05) is 5.32 Å². The summed E-state index contributed by atoms with van der Waals surface area (Å²) in [6.07, 6.45) is 6.86. The zero-order valence-electron chi connectivity index (χ0n) is 8.42. The van der Waals surface area contributed by atoms with E-state index in [4.69, 9.17) is 11.6 Å². The van der Waals surface area contributed by atoms with E-state index in [0.29, 0.717) is 17.1 Å². The zero-order chi connectivity index (χ0) is 10.7. The van der Waals surface area contributed by atoms with E-state index in [2.05, 4.69) is 10.3 Å². The van der Waals surface area contributed by atoms with Crippen LogP contribution in [-0.2, 0) is 0 Å². The Bertz CT molecular complexity index is 324. The molecule has 15 heavy (non-hydrogen) atoms. The number of pyridine rings is 1. The van der Waals surface area contributed by atoms with Gasteiger partial charge in [-0.1, -0.05) is 0 Å². The first kappa shape index (κ1) is 10.7. The fraction of sp³-hybridized carbons (Fsp3) is 0.545. The van der Waals surface area contributed by atoms with Crippen molar-refractivity contribution in [1.82, 2.24) is 4.98 Å². The Labute approximate surface area is 93.9 Å². The molecule has 0 spiro atoms. The van der Waals surface area contributed by atoms with Gasteiger partial charge in [-0.15, -0.1) is 11.6 Å². The van der Waals surface area contributed by atoms with Crippen LogP contribution in [0.3, 0.4) is 0 Å². The summed E-state index contributed by atoms with van der Waals surface area (Å²) in [5.41, 5.74) is 0.544. The molecule has 1 N–H and O–H groups in total. The lowest BCUT2D eigenvalue weighted by Gasteiger charge is -2.26. The third-order valence-corrected chi connectivity index (χ3v) is 3.23.